The topological polar surface area (TPSA) is 22.4 Å². The number of hydrogen-bond acceptors (Lipinski definition) is 2. The van der Waals surface area contributed by atoms with Crippen molar-refractivity contribution >= 4 is 11.0 Å². The summed E-state index contributed by atoms with van der Waals surface area (Å²) in [5.74, 6) is 0. The van der Waals surface area contributed by atoms with Crippen LogP contribution in [-0.4, -0.2) is 0 Å². The van der Waals surface area contributed by atoms with Crippen LogP contribution in [0.4, 0.5) is 0 Å². The summed E-state index contributed by atoms with van der Waals surface area (Å²) in [7, 11) is 0. The van der Waals surface area contributed by atoms with Crippen molar-refractivity contribution in [2.75, 3.05) is 0 Å². The Balaban J connectivity index is 1.94. The third-order valence-electron chi connectivity index (χ3n) is 4.16. The van der Waals surface area contributed by atoms with E-state index in [-0.39, 0.29) is 11.7 Å². The van der Waals surface area contributed by atoms with Gasteiger partial charge in [-0.15, -0.1) is 0 Å². The van der Waals surface area contributed by atoms with Gasteiger partial charge in [-0.2, -0.15) is 0 Å². The minimum Gasteiger partial charge on any atom is -0.464 e. The molecule has 2 aliphatic rings. The second-order valence-electron chi connectivity index (χ2n) is 5.26. The largest absolute Gasteiger partial charge is 0.464 e. The Hall–Kier alpha value is -1.54. The fraction of sp³-hybridized carbons (Fsp3) is 0.375. The Morgan fingerprint density at radius 1 is 1.28 bits per heavy atom. The van der Waals surface area contributed by atoms with E-state index in [1.54, 1.807) is 6.26 Å². The molecule has 0 amide bonds. The molecule has 0 fully saturated rings. The minimum atomic E-state index is -0.229. The fourth-order valence-electron chi connectivity index (χ4n) is 3.29. The molecule has 2 unspecified atom stereocenters. The lowest BCUT2D eigenvalue weighted by Gasteiger charge is -2.24. The molecule has 2 nitrogen and oxygen atoms in total. The predicted molar refractivity (Wildman–Crippen MR) is 70.4 cm³/mol. The maximum Gasteiger partial charge on any atom is 0.140 e. The van der Waals surface area contributed by atoms with Gasteiger partial charge in [-0.25, -0.2) is 0 Å². The Morgan fingerprint density at radius 2 is 2.22 bits per heavy atom. The van der Waals surface area contributed by atoms with Crippen molar-refractivity contribution in [1.82, 2.24) is 0 Å². The first kappa shape index (κ1) is 10.4. The zero-order valence-corrected chi connectivity index (χ0v) is 10.5. The van der Waals surface area contributed by atoms with Crippen LogP contribution >= 0.6 is 0 Å². The van der Waals surface area contributed by atoms with Crippen LogP contribution in [0.25, 0.3) is 11.0 Å². The van der Waals surface area contributed by atoms with Gasteiger partial charge in [-0.3, -0.25) is 0 Å². The maximum atomic E-state index is 6.24. The highest BCUT2D eigenvalue weighted by Gasteiger charge is 2.48. The van der Waals surface area contributed by atoms with Gasteiger partial charge >= 0.3 is 0 Å². The number of fused-ring (bicyclic) bond motifs is 7. The molecule has 2 heteroatoms. The standard InChI is InChI=1S/C16H16O2/c1-2-3-8-16-9-6-13(18-16)12-5-4-11-7-10-17-15(11)14(12)16/h4-7,9-10,13H,2-3,8H2,1H3. The van der Waals surface area contributed by atoms with E-state index in [0.717, 1.165) is 12.0 Å². The van der Waals surface area contributed by atoms with Crippen LogP contribution in [0, 0.1) is 0 Å². The van der Waals surface area contributed by atoms with Gasteiger partial charge in [0.15, 0.2) is 0 Å². The monoisotopic (exact) mass is 240 g/mol. The Bertz CT molecular complexity index is 638. The van der Waals surface area contributed by atoms with Crippen LogP contribution in [0.15, 0.2) is 41.0 Å². The van der Waals surface area contributed by atoms with Gasteiger partial charge in [-0.1, -0.05) is 38.0 Å². The van der Waals surface area contributed by atoms with Crippen LogP contribution in [0.2, 0.25) is 0 Å². The highest BCUT2D eigenvalue weighted by Crippen LogP contribution is 2.54. The quantitative estimate of drug-likeness (QED) is 0.739. The minimum absolute atomic E-state index is 0.131. The normalized spacial score (nSPS) is 28.2. The summed E-state index contributed by atoms with van der Waals surface area (Å²) < 4.78 is 11.9. The van der Waals surface area contributed by atoms with Gasteiger partial charge in [0, 0.05) is 10.9 Å². The Kier molecular flexibility index (Phi) is 2.01. The molecular weight excluding hydrogens is 224 g/mol. The first-order chi connectivity index (χ1) is 8.84. The molecule has 0 spiro atoms. The third kappa shape index (κ3) is 1.16. The zero-order valence-electron chi connectivity index (χ0n) is 10.5. The highest BCUT2D eigenvalue weighted by atomic mass is 16.5. The predicted octanol–water partition coefficient (Wildman–Crippen LogP) is 4.46. The molecular formula is C16H16O2. The third-order valence-corrected chi connectivity index (χ3v) is 4.16. The van der Waals surface area contributed by atoms with Crippen molar-refractivity contribution in [3.8, 4) is 0 Å². The smallest absolute Gasteiger partial charge is 0.140 e. The first-order valence-corrected chi connectivity index (χ1v) is 6.72. The first-order valence-electron chi connectivity index (χ1n) is 6.72. The van der Waals surface area contributed by atoms with Crippen molar-refractivity contribution in [2.45, 2.75) is 37.9 Å². The zero-order chi connectivity index (χ0) is 12.2. The lowest BCUT2D eigenvalue weighted by atomic mass is 9.83. The van der Waals surface area contributed by atoms with Crippen LogP contribution < -0.4 is 0 Å². The molecule has 3 heterocycles. The molecule has 2 bridgehead atoms. The summed E-state index contributed by atoms with van der Waals surface area (Å²) in [6.45, 7) is 2.22. The van der Waals surface area contributed by atoms with Crippen molar-refractivity contribution in [3.05, 3.63) is 47.7 Å². The summed E-state index contributed by atoms with van der Waals surface area (Å²) in [5.41, 5.74) is 3.34. The summed E-state index contributed by atoms with van der Waals surface area (Å²) in [6, 6.07) is 6.34. The molecule has 0 saturated heterocycles. The van der Waals surface area contributed by atoms with E-state index in [4.69, 9.17) is 9.15 Å². The number of furan rings is 1. The average Bonchev–Trinajstić information content (AvgIpc) is 3.08. The summed E-state index contributed by atoms with van der Waals surface area (Å²) in [4.78, 5) is 0. The summed E-state index contributed by atoms with van der Waals surface area (Å²) in [6.07, 6.45) is 9.73. The van der Waals surface area contributed by atoms with E-state index in [2.05, 4.69) is 31.2 Å². The van der Waals surface area contributed by atoms with Crippen molar-refractivity contribution in [3.63, 3.8) is 0 Å². The van der Waals surface area contributed by atoms with Gasteiger partial charge < -0.3 is 9.15 Å². The van der Waals surface area contributed by atoms with E-state index >= 15 is 0 Å². The number of benzene rings is 1. The average molecular weight is 240 g/mol. The van der Waals surface area contributed by atoms with Gasteiger partial charge in [-0.05, 0) is 24.1 Å². The molecule has 2 atom stereocenters. The highest BCUT2D eigenvalue weighted by molar-refractivity contribution is 5.84. The molecule has 0 radical (unpaired) electrons. The molecule has 2 aromatic rings. The molecule has 1 aromatic carbocycles. The molecule has 0 saturated carbocycles. The van der Waals surface area contributed by atoms with Gasteiger partial charge in [0.25, 0.3) is 0 Å². The molecule has 0 N–H and O–H groups in total. The lowest BCUT2D eigenvalue weighted by Crippen LogP contribution is -2.20. The Morgan fingerprint density at radius 3 is 3.11 bits per heavy atom. The molecule has 0 aliphatic carbocycles. The van der Waals surface area contributed by atoms with Gasteiger partial charge in [0.05, 0.1) is 6.26 Å². The second kappa shape index (κ2) is 3.48. The van der Waals surface area contributed by atoms with Crippen molar-refractivity contribution in [1.29, 1.82) is 0 Å². The molecule has 18 heavy (non-hydrogen) atoms. The lowest BCUT2D eigenvalue weighted by molar-refractivity contribution is -0.00968. The van der Waals surface area contributed by atoms with Crippen LogP contribution in [-0.2, 0) is 10.3 Å². The van der Waals surface area contributed by atoms with Crippen LogP contribution in [0.5, 0.6) is 0 Å². The van der Waals surface area contributed by atoms with E-state index in [1.165, 1.54) is 29.4 Å². The van der Waals surface area contributed by atoms with E-state index < -0.39 is 0 Å². The SMILES string of the molecule is CCCCC12C=CC(O1)c1ccc3ccoc3c12. The van der Waals surface area contributed by atoms with Gasteiger partial charge in [0.2, 0.25) is 0 Å². The van der Waals surface area contributed by atoms with E-state index in [9.17, 15) is 0 Å². The maximum absolute atomic E-state index is 6.24. The van der Waals surface area contributed by atoms with E-state index in [0.29, 0.717) is 0 Å². The fourth-order valence-corrected chi connectivity index (χ4v) is 3.29. The Labute approximate surface area is 106 Å². The van der Waals surface area contributed by atoms with Gasteiger partial charge in [0.1, 0.15) is 17.3 Å². The van der Waals surface area contributed by atoms with Crippen LogP contribution in [0.1, 0.15) is 43.4 Å². The molecule has 4 rings (SSSR count). The number of rotatable bonds is 3. The number of ether oxygens (including phenoxy) is 1. The van der Waals surface area contributed by atoms with Crippen molar-refractivity contribution < 1.29 is 9.15 Å². The number of hydrogen-bond donors (Lipinski definition) is 0. The van der Waals surface area contributed by atoms with E-state index in [1.807, 2.05) is 6.07 Å². The number of unbranched alkanes of at least 4 members (excludes halogenated alkanes) is 1. The summed E-state index contributed by atoms with van der Waals surface area (Å²) in [5, 5.41) is 1.18. The molecule has 2 aliphatic heterocycles. The molecule has 92 valence electrons. The second-order valence-corrected chi connectivity index (χ2v) is 5.26. The summed E-state index contributed by atoms with van der Waals surface area (Å²) >= 11 is 0. The molecule has 1 aromatic heterocycles. The van der Waals surface area contributed by atoms with Crippen LogP contribution in [0.3, 0.4) is 0 Å². The van der Waals surface area contributed by atoms with Crippen molar-refractivity contribution in [2.24, 2.45) is 0 Å².